The SMILES string of the molecule is CCc1cc(Br)ccc1NCC1CCCN(S(C)(=O)=O)C1. The largest absolute Gasteiger partial charge is 0.384 e. The van der Waals surface area contributed by atoms with Gasteiger partial charge < -0.3 is 5.32 Å². The van der Waals surface area contributed by atoms with Crippen molar-refractivity contribution in [1.29, 1.82) is 0 Å². The maximum atomic E-state index is 11.6. The van der Waals surface area contributed by atoms with Crippen molar-refractivity contribution >= 4 is 31.6 Å². The van der Waals surface area contributed by atoms with E-state index in [-0.39, 0.29) is 0 Å². The summed E-state index contributed by atoms with van der Waals surface area (Å²) in [6.45, 7) is 4.25. The minimum absolute atomic E-state index is 0.377. The highest BCUT2D eigenvalue weighted by molar-refractivity contribution is 9.10. The van der Waals surface area contributed by atoms with E-state index in [0.29, 0.717) is 19.0 Å². The first-order chi connectivity index (χ1) is 9.90. The number of rotatable bonds is 5. The number of anilines is 1. The number of sulfonamides is 1. The number of aryl methyl sites for hydroxylation is 1. The first kappa shape index (κ1) is 16.8. The van der Waals surface area contributed by atoms with Gasteiger partial charge in [0.2, 0.25) is 10.0 Å². The van der Waals surface area contributed by atoms with Crippen molar-refractivity contribution in [3.05, 3.63) is 28.2 Å². The molecule has 1 aromatic carbocycles. The van der Waals surface area contributed by atoms with Gasteiger partial charge in [-0.2, -0.15) is 0 Å². The summed E-state index contributed by atoms with van der Waals surface area (Å²) in [7, 11) is -3.06. The van der Waals surface area contributed by atoms with Gasteiger partial charge in [-0.3, -0.25) is 0 Å². The number of benzene rings is 1. The molecule has 21 heavy (non-hydrogen) atoms. The molecule has 1 saturated heterocycles. The van der Waals surface area contributed by atoms with Crippen LogP contribution in [0.15, 0.2) is 22.7 Å². The number of hydrogen-bond acceptors (Lipinski definition) is 3. The molecule has 1 aromatic rings. The topological polar surface area (TPSA) is 49.4 Å². The third-order valence-corrected chi connectivity index (χ3v) is 5.74. The normalized spacial score (nSPS) is 20.4. The molecule has 1 fully saturated rings. The molecule has 1 unspecified atom stereocenters. The standard InChI is InChI=1S/C15H23BrN2O2S/c1-3-13-9-14(16)6-7-15(13)17-10-12-5-4-8-18(11-12)21(2,19)20/h6-7,9,12,17H,3-5,8,10-11H2,1-2H3. The van der Waals surface area contributed by atoms with Gasteiger partial charge in [0.1, 0.15) is 0 Å². The summed E-state index contributed by atoms with van der Waals surface area (Å²) in [4.78, 5) is 0. The lowest BCUT2D eigenvalue weighted by molar-refractivity contribution is 0.277. The molecule has 0 aliphatic carbocycles. The van der Waals surface area contributed by atoms with Gasteiger partial charge in [-0.15, -0.1) is 0 Å². The van der Waals surface area contributed by atoms with Crippen LogP contribution in [0.25, 0.3) is 0 Å². The van der Waals surface area contributed by atoms with Gasteiger partial charge in [-0.05, 0) is 48.9 Å². The minimum Gasteiger partial charge on any atom is -0.384 e. The van der Waals surface area contributed by atoms with Crippen molar-refractivity contribution in [2.45, 2.75) is 26.2 Å². The van der Waals surface area contributed by atoms with Gasteiger partial charge in [-0.1, -0.05) is 22.9 Å². The van der Waals surface area contributed by atoms with Gasteiger partial charge in [-0.25, -0.2) is 12.7 Å². The van der Waals surface area contributed by atoms with Crippen LogP contribution in [0.1, 0.15) is 25.3 Å². The Morgan fingerprint density at radius 3 is 2.86 bits per heavy atom. The van der Waals surface area contributed by atoms with Gasteiger partial charge in [0, 0.05) is 29.8 Å². The number of piperidine rings is 1. The van der Waals surface area contributed by atoms with Crippen LogP contribution in [0.5, 0.6) is 0 Å². The Bertz CT molecular complexity index is 589. The highest BCUT2D eigenvalue weighted by Crippen LogP contribution is 2.24. The van der Waals surface area contributed by atoms with Crippen LogP contribution < -0.4 is 5.32 Å². The van der Waals surface area contributed by atoms with Gasteiger partial charge in [0.05, 0.1) is 6.26 Å². The summed E-state index contributed by atoms with van der Waals surface area (Å²) in [5.74, 6) is 0.377. The molecule has 0 bridgehead atoms. The Morgan fingerprint density at radius 1 is 1.43 bits per heavy atom. The number of nitrogens with one attached hydrogen (secondary N) is 1. The fourth-order valence-corrected chi connectivity index (χ4v) is 4.13. The van der Waals surface area contributed by atoms with E-state index in [1.807, 2.05) is 6.07 Å². The van der Waals surface area contributed by atoms with E-state index >= 15 is 0 Å². The van der Waals surface area contributed by atoms with E-state index in [1.54, 1.807) is 4.31 Å². The van der Waals surface area contributed by atoms with Gasteiger partial charge in [0.25, 0.3) is 0 Å². The lowest BCUT2D eigenvalue weighted by Gasteiger charge is -2.31. The summed E-state index contributed by atoms with van der Waals surface area (Å²) in [6.07, 6.45) is 4.30. The average Bonchev–Trinajstić information content (AvgIpc) is 2.45. The van der Waals surface area contributed by atoms with E-state index in [0.717, 1.165) is 36.0 Å². The lowest BCUT2D eigenvalue weighted by Crippen LogP contribution is -2.41. The van der Waals surface area contributed by atoms with Crippen LogP contribution in [0.2, 0.25) is 0 Å². The quantitative estimate of drug-likeness (QED) is 0.861. The van der Waals surface area contributed by atoms with Crippen LogP contribution in [0.4, 0.5) is 5.69 Å². The molecule has 0 radical (unpaired) electrons. The summed E-state index contributed by atoms with van der Waals surface area (Å²) in [6, 6.07) is 6.25. The van der Waals surface area contributed by atoms with Crippen molar-refractivity contribution in [2.75, 3.05) is 31.2 Å². The highest BCUT2D eigenvalue weighted by atomic mass is 79.9. The van der Waals surface area contributed by atoms with Crippen LogP contribution in [-0.2, 0) is 16.4 Å². The fourth-order valence-electron chi connectivity index (χ4n) is 2.78. The molecular weight excluding hydrogens is 352 g/mol. The molecule has 1 aliphatic heterocycles. The molecule has 0 spiro atoms. The fraction of sp³-hybridized carbons (Fsp3) is 0.600. The molecule has 0 saturated carbocycles. The second-order valence-electron chi connectivity index (χ2n) is 5.67. The summed E-state index contributed by atoms with van der Waals surface area (Å²) in [5.41, 5.74) is 2.43. The third kappa shape index (κ3) is 4.69. The van der Waals surface area contributed by atoms with Crippen LogP contribution in [0, 0.1) is 5.92 Å². The smallest absolute Gasteiger partial charge is 0.211 e. The van der Waals surface area contributed by atoms with Crippen molar-refractivity contribution in [3.63, 3.8) is 0 Å². The number of hydrogen-bond donors (Lipinski definition) is 1. The number of halogens is 1. The van der Waals surface area contributed by atoms with E-state index < -0.39 is 10.0 Å². The Labute approximate surface area is 136 Å². The molecule has 6 heteroatoms. The maximum Gasteiger partial charge on any atom is 0.211 e. The molecule has 2 rings (SSSR count). The monoisotopic (exact) mass is 374 g/mol. The van der Waals surface area contributed by atoms with Crippen LogP contribution in [-0.4, -0.2) is 38.6 Å². The Kier molecular flexibility index (Phi) is 5.68. The highest BCUT2D eigenvalue weighted by Gasteiger charge is 2.25. The average molecular weight is 375 g/mol. The minimum atomic E-state index is -3.06. The van der Waals surface area contributed by atoms with Crippen molar-refractivity contribution in [1.82, 2.24) is 4.31 Å². The van der Waals surface area contributed by atoms with E-state index in [2.05, 4.69) is 40.3 Å². The molecule has 1 atom stereocenters. The molecular formula is C15H23BrN2O2S. The molecule has 1 heterocycles. The summed E-state index contributed by atoms with van der Waals surface area (Å²) >= 11 is 3.49. The van der Waals surface area contributed by atoms with Crippen molar-refractivity contribution in [2.24, 2.45) is 5.92 Å². The molecule has 118 valence electrons. The molecule has 1 N–H and O–H groups in total. The maximum absolute atomic E-state index is 11.6. The zero-order valence-corrected chi connectivity index (χ0v) is 15.0. The number of nitrogens with zero attached hydrogens (tertiary/aromatic N) is 1. The Balaban J connectivity index is 1.97. The predicted molar refractivity (Wildman–Crippen MR) is 91.2 cm³/mol. The van der Waals surface area contributed by atoms with Crippen molar-refractivity contribution < 1.29 is 8.42 Å². The first-order valence-corrected chi connectivity index (χ1v) is 10.0. The second kappa shape index (κ2) is 7.11. The zero-order valence-electron chi connectivity index (χ0n) is 12.6. The second-order valence-corrected chi connectivity index (χ2v) is 8.56. The molecule has 0 amide bonds. The molecule has 4 nitrogen and oxygen atoms in total. The Morgan fingerprint density at radius 2 is 2.19 bits per heavy atom. The van der Waals surface area contributed by atoms with E-state index in [9.17, 15) is 8.42 Å². The third-order valence-electron chi connectivity index (χ3n) is 3.98. The summed E-state index contributed by atoms with van der Waals surface area (Å²) in [5, 5.41) is 3.49. The van der Waals surface area contributed by atoms with Crippen LogP contribution >= 0.6 is 15.9 Å². The van der Waals surface area contributed by atoms with Gasteiger partial charge in [0.15, 0.2) is 0 Å². The van der Waals surface area contributed by atoms with E-state index in [4.69, 9.17) is 0 Å². The first-order valence-electron chi connectivity index (χ1n) is 7.37. The Hall–Kier alpha value is -0.590. The molecule has 1 aliphatic rings. The molecule has 0 aromatic heterocycles. The van der Waals surface area contributed by atoms with Crippen molar-refractivity contribution in [3.8, 4) is 0 Å². The van der Waals surface area contributed by atoms with Crippen LogP contribution in [0.3, 0.4) is 0 Å². The lowest BCUT2D eigenvalue weighted by atomic mass is 9.99. The summed E-state index contributed by atoms with van der Waals surface area (Å²) < 4.78 is 26.0. The zero-order chi connectivity index (χ0) is 15.5. The predicted octanol–water partition coefficient (Wildman–Crippen LogP) is 3.10. The van der Waals surface area contributed by atoms with E-state index in [1.165, 1.54) is 11.8 Å². The van der Waals surface area contributed by atoms with Gasteiger partial charge >= 0.3 is 0 Å².